The minimum absolute atomic E-state index is 0.0318. The normalized spacial score (nSPS) is 13.2. The SMILES string of the molecule is CC(C)C[C@H](NC(=O)CNC(=O)[C@H](CCC(=O)O)NC(=O)[C@@H](N)CC(N)=O)C(=O)NCC(=O)O. The lowest BCUT2D eigenvalue weighted by atomic mass is 10.0. The van der Waals surface area contributed by atoms with Crippen molar-refractivity contribution in [1.29, 1.82) is 0 Å². The van der Waals surface area contributed by atoms with Crippen molar-refractivity contribution in [1.82, 2.24) is 21.3 Å². The summed E-state index contributed by atoms with van der Waals surface area (Å²) in [6.45, 7) is 2.31. The van der Waals surface area contributed by atoms with E-state index in [1.54, 1.807) is 13.8 Å². The summed E-state index contributed by atoms with van der Waals surface area (Å²) in [5.74, 6) is -6.70. The van der Waals surface area contributed by atoms with Crippen molar-refractivity contribution < 1.29 is 43.8 Å². The molecule has 34 heavy (non-hydrogen) atoms. The molecule has 0 aliphatic heterocycles. The molecule has 192 valence electrons. The predicted octanol–water partition coefficient (Wildman–Crippen LogP) is -3.61. The molecular weight excluding hydrogens is 456 g/mol. The first-order valence-electron chi connectivity index (χ1n) is 10.4. The second-order valence-electron chi connectivity index (χ2n) is 7.85. The summed E-state index contributed by atoms with van der Waals surface area (Å²) in [6.07, 6.45) is -1.12. The summed E-state index contributed by atoms with van der Waals surface area (Å²) in [5, 5.41) is 26.5. The quantitative estimate of drug-likeness (QED) is 0.106. The van der Waals surface area contributed by atoms with Gasteiger partial charge in [0, 0.05) is 6.42 Å². The molecule has 0 fully saturated rings. The Morgan fingerprint density at radius 1 is 0.794 bits per heavy atom. The standard InChI is InChI=1S/C19H32N6O9/c1-9(2)5-12(19(34)23-8-16(30)31)24-14(27)7-22-18(33)11(3-4-15(28)29)25-17(32)10(20)6-13(21)26/h9-12H,3-8,20H2,1-2H3,(H2,21,26)(H,22,33)(H,23,34)(H,24,27)(H,25,32)(H,28,29)(H,30,31)/t10-,11-,12-/m0/s1. The fourth-order valence-electron chi connectivity index (χ4n) is 2.65. The average Bonchev–Trinajstić information content (AvgIpc) is 2.71. The Labute approximate surface area is 195 Å². The number of carboxylic acid groups (broad SMARTS) is 2. The molecule has 5 amide bonds. The minimum Gasteiger partial charge on any atom is -0.481 e. The van der Waals surface area contributed by atoms with E-state index in [9.17, 15) is 33.6 Å². The molecule has 0 rings (SSSR count). The lowest BCUT2D eigenvalue weighted by Gasteiger charge is -2.21. The van der Waals surface area contributed by atoms with Gasteiger partial charge in [-0.25, -0.2) is 0 Å². The van der Waals surface area contributed by atoms with Crippen LogP contribution >= 0.6 is 0 Å². The molecule has 0 aliphatic rings. The maximum absolute atomic E-state index is 12.4. The van der Waals surface area contributed by atoms with Crippen LogP contribution in [0.1, 0.15) is 39.5 Å². The Balaban J connectivity index is 5.07. The van der Waals surface area contributed by atoms with Crippen LogP contribution in [-0.2, 0) is 33.6 Å². The fraction of sp³-hybridized carbons (Fsp3) is 0.632. The lowest BCUT2D eigenvalue weighted by molar-refractivity contribution is -0.139. The van der Waals surface area contributed by atoms with Crippen molar-refractivity contribution in [2.24, 2.45) is 17.4 Å². The van der Waals surface area contributed by atoms with Gasteiger partial charge in [0.05, 0.1) is 19.0 Å². The van der Waals surface area contributed by atoms with Crippen molar-refractivity contribution >= 4 is 41.5 Å². The van der Waals surface area contributed by atoms with E-state index in [4.69, 9.17) is 21.7 Å². The van der Waals surface area contributed by atoms with Crippen LogP contribution in [0.15, 0.2) is 0 Å². The molecule has 0 unspecified atom stereocenters. The Kier molecular flexibility index (Phi) is 13.5. The highest BCUT2D eigenvalue weighted by Crippen LogP contribution is 2.05. The topological polar surface area (TPSA) is 260 Å². The van der Waals surface area contributed by atoms with Crippen molar-refractivity contribution in [3.8, 4) is 0 Å². The lowest BCUT2D eigenvalue weighted by Crippen LogP contribution is -2.54. The van der Waals surface area contributed by atoms with Gasteiger partial charge in [0.1, 0.15) is 18.6 Å². The largest absolute Gasteiger partial charge is 0.481 e. The third-order valence-electron chi connectivity index (χ3n) is 4.23. The van der Waals surface area contributed by atoms with E-state index in [1.807, 2.05) is 0 Å². The highest BCUT2D eigenvalue weighted by atomic mass is 16.4. The number of aliphatic carboxylic acids is 2. The summed E-state index contributed by atoms with van der Waals surface area (Å²) < 4.78 is 0. The molecule has 0 heterocycles. The zero-order valence-electron chi connectivity index (χ0n) is 19.0. The van der Waals surface area contributed by atoms with Crippen LogP contribution in [0.2, 0.25) is 0 Å². The molecule has 0 aromatic heterocycles. The van der Waals surface area contributed by atoms with Crippen LogP contribution in [0.4, 0.5) is 0 Å². The molecule has 15 heteroatoms. The number of primary amides is 1. The monoisotopic (exact) mass is 488 g/mol. The second kappa shape index (κ2) is 15.2. The molecule has 0 bridgehead atoms. The van der Waals surface area contributed by atoms with Crippen molar-refractivity contribution in [3.63, 3.8) is 0 Å². The van der Waals surface area contributed by atoms with Gasteiger partial charge < -0.3 is 42.9 Å². The van der Waals surface area contributed by atoms with E-state index < -0.39 is 85.5 Å². The molecule has 0 radical (unpaired) electrons. The average molecular weight is 488 g/mol. The van der Waals surface area contributed by atoms with Gasteiger partial charge in [-0.05, 0) is 18.8 Å². The zero-order valence-corrected chi connectivity index (χ0v) is 19.0. The molecular formula is C19H32N6O9. The summed E-state index contributed by atoms with van der Waals surface area (Å²) in [6, 6.07) is -3.79. The van der Waals surface area contributed by atoms with Gasteiger partial charge in [-0.15, -0.1) is 0 Å². The van der Waals surface area contributed by atoms with Gasteiger partial charge in [-0.1, -0.05) is 13.8 Å². The van der Waals surface area contributed by atoms with Gasteiger partial charge in [-0.2, -0.15) is 0 Å². The highest BCUT2D eigenvalue weighted by Gasteiger charge is 2.27. The van der Waals surface area contributed by atoms with Crippen molar-refractivity contribution in [2.75, 3.05) is 13.1 Å². The Hall–Kier alpha value is -3.75. The molecule has 0 aromatic rings. The maximum atomic E-state index is 12.4. The molecule has 0 aromatic carbocycles. The molecule has 10 N–H and O–H groups in total. The van der Waals surface area contributed by atoms with Crippen molar-refractivity contribution in [2.45, 2.75) is 57.7 Å². The van der Waals surface area contributed by atoms with Gasteiger partial charge in [0.25, 0.3) is 0 Å². The molecule has 15 nitrogen and oxygen atoms in total. The Morgan fingerprint density at radius 2 is 1.35 bits per heavy atom. The third-order valence-corrected chi connectivity index (χ3v) is 4.23. The predicted molar refractivity (Wildman–Crippen MR) is 116 cm³/mol. The number of carbonyl (C=O) groups is 7. The molecule has 3 atom stereocenters. The fourth-order valence-corrected chi connectivity index (χ4v) is 2.65. The van der Waals surface area contributed by atoms with Gasteiger partial charge in [0.15, 0.2) is 0 Å². The van der Waals surface area contributed by atoms with E-state index >= 15 is 0 Å². The first-order chi connectivity index (χ1) is 15.7. The van der Waals surface area contributed by atoms with E-state index in [2.05, 4.69) is 21.3 Å². The van der Waals surface area contributed by atoms with E-state index in [0.29, 0.717) is 0 Å². The van der Waals surface area contributed by atoms with Crippen molar-refractivity contribution in [3.05, 3.63) is 0 Å². The number of carboxylic acids is 2. The molecule has 0 saturated carbocycles. The van der Waals surface area contributed by atoms with E-state index in [-0.39, 0.29) is 18.8 Å². The number of nitrogens with two attached hydrogens (primary N) is 2. The number of carbonyl (C=O) groups excluding carboxylic acids is 5. The number of hydrogen-bond donors (Lipinski definition) is 8. The smallest absolute Gasteiger partial charge is 0.322 e. The van der Waals surface area contributed by atoms with Gasteiger partial charge in [0.2, 0.25) is 29.5 Å². The van der Waals surface area contributed by atoms with Crippen LogP contribution in [-0.4, -0.2) is 82.9 Å². The summed E-state index contributed by atoms with van der Waals surface area (Å²) in [7, 11) is 0. The number of nitrogens with one attached hydrogen (secondary N) is 4. The van der Waals surface area contributed by atoms with E-state index in [1.165, 1.54) is 0 Å². The number of hydrogen-bond acceptors (Lipinski definition) is 8. The summed E-state index contributed by atoms with van der Waals surface area (Å²) in [5.41, 5.74) is 10.5. The Bertz CT molecular complexity index is 786. The number of rotatable bonds is 16. The molecule has 0 aliphatic carbocycles. The highest BCUT2D eigenvalue weighted by molar-refractivity contribution is 5.94. The first-order valence-corrected chi connectivity index (χ1v) is 10.4. The Morgan fingerprint density at radius 3 is 1.85 bits per heavy atom. The van der Waals surface area contributed by atoms with Crippen LogP contribution in [0.5, 0.6) is 0 Å². The molecule has 0 saturated heterocycles. The zero-order chi connectivity index (χ0) is 26.4. The van der Waals surface area contributed by atoms with E-state index in [0.717, 1.165) is 0 Å². The summed E-state index contributed by atoms with van der Waals surface area (Å²) >= 11 is 0. The first kappa shape index (κ1) is 30.2. The maximum Gasteiger partial charge on any atom is 0.322 e. The number of amides is 5. The molecule has 0 spiro atoms. The van der Waals surface area contributed by atoms with Crippen LogP contribution in [0, 0.1) is 5.92 Å². The van der Waals surface area contributed by atoms with Crippen LogP contribution in [0.25, 0.3) is 0 Å². The van der Waals surface area contributed by atoms with Crippen LogP contribution < -0.4 is 32.7 Å². The summed E-state index contributed by atoms with van der Waals surface area (Å²) in [4.78, 5) is 81.3. The third kappa shape index (κ3) is 13.6. The van der Waals surface area contributed by atoms with Crippen LogP contribution in [0.3, 0.4) is 0 Å². The minimum atomic E-state index is -1.37. The second-order valence-corrected chi connectivity index (χ2v) is 7.85. The van der Waals surface area contributed by atoms with Gasteiger partial charge >= 0.3 is 11.9 Å². The van der Waals surface area contributed by atoms with Gasteiger partial charge in [-0.3, -0.25) is 33.6 Å².